The molecule has 2 aromatic rings. The Morgan fingerprint density at radius 2 is 1.81 bits per heavy atom. The van der Waals surface area contributed by atoms with Crippen molar-refractivity contribution in [2.45, 2.75) is 19.1 Å². The zero-order chi connectivity index (χ0) is 19.5. The van der Waals surface area contributed by atoms with Crippen LogP contribution < -0.4 is 10.6 Å². The normalized spacial score (nSPS) is 12.3. The Balaban J connectivity index is 2.17. The van der Waals surface area contributed by atoms with Crippen molar-refractivity contribution >= 4 is 34.6 Å². The number of nitrogens with zero attached hydrogens (tertiary/aromatic N) is 1. The number of halogens is 4. The molecule has 2 aromatic carbocycles. The first-order valence-electron chi connectivity index (χ1n) is 7.26. The number of carbonyl (C=O) groups is 1. The average Bonchev–Trinajstić information content (AvgIpc) is 2.56. The minimum Gasteiger partial charge on any atom is -0.368 e. The second-order valence-corrected chi connectivity index (χ2v) is 5.79. The van der Waals surface area contributed by atoms with Gasteiger partial charge in [0.1, 0.15) is 11.7 Å². The van der Waals surface area contributed by atoms with E-state index in [2.05, 4.69) is 10.6 Å². The Bertz CT molecular complexity index is 826. The molecule has 0 heterocycles. The van der Waals surface area contributed by atoms with E-state index in [0.717, 1.165) is 6.07 Å². The standard InChI is InChI=1S/C16H13ClF3N3O3/c1-9(15(24)22-12-5-3-11(17)4-6-12)21-13-7-2-10(16(18,19)20)8-14(13)23(25)26/h2-9,21H,1H3,(H,22,24)/t9-/m1/s1. The molecule has 0 bridgehead atoms. The molecule has 1 amide bonds. The minimum absolute atomic E-state index is 0.193. The van der Waals surface area contributed by atoms with Crippen molar-refractivity contribution < 1.29 is 22.9 Å². The Morgan fingerprint density at radius 3 is 2.35 bits per heavy atom. The molecule has 2 N–H and O–H groups in total. The van der Waals surface area contributed by atoms with Crippen LogP contribution in [0.2, 0.25) is 5.02 Å². The van der Waals surface area contributed by atoms with E-state index in [1.807, 2.05) is 0 Å². The largest absolute Gasteiger partial charge is 0.416 e. The van der Waals surface area contributed by atoms with Crippen molar-refractivity contribution in [1.29, 1.82) is 0 Å². The lowest BCUT2D eigenvalue weighted by molar-refractivity contribution is -0.384. The number of carbonyl (C=O) groups excluding carboxylic acids is 1. The van der Waals surface area contributed by atoms with Crippen molar-refractivity contribution in [1.82, 2.24) is 0 Å². The molecule has 26 heavy (non-hydrogen) atoms. The first-order valence-corrected chi connectivity index (χ1v) is 7.64. The third kappa shape index (κ3) is 4.85. The molecule has 0 spiro atoms. The summed E-state index contributed by atoms with van der Waals surface area (Å²) in [6, 6.07) is 7.37. The van der Waals surface area contributed by atoms with Gasteiger partial charge in [-0.05, 0) is 43.3 Å². The summed E-state index contributed by atoms with van der Waals surface area (Å²) in [4.78, 5) is 22.3. The molecule has 10 heteroatoms. The molecule has 0 saturated heterocycles. The van der Waals surface area contributed by atoms with Crippen molar-refractivity contribution in [2.24, 2.45) is 0 Å². The molecule has 138 valence electrons. The number of alkyl halides is 3. The fraction of sp³-hybridized carbons (Fsp3) is 0.188. The van der Waals surface area contributed by atoms with Gasteiger partial charge in [0.25, 0.3) is 5.69 Å². The zero-order valence-corrected chi connectivity index (χ0v) is 14.1. The molecule has 0 fully saturated rings. The van der Waals surface area contributed by atoms with Gasteiger partial charge in [-0.25, -0.2) is 0 Å². The second-order valence-electron chi connectivity index (χ2n) is 5.35. The Labute approximate surface area is 151 Å². The van der Waals surface area contributed by atoms with Gasteiger partial charge in [0.2, 0.25) is 5.91 Å². The van der Waals surface area contributed by atoms with Crippen molar-refractivity contribution in [3.05, 3.63) is 63.2 Å². The fourth-order valence-electron chi connectivity index (χ4n) is 2.06. The van der Waals surface area contributed by atoms with Crippen LogP contribution in [0.3, 0.4) is 0 Å². The number of anilines is 2. The van der Waals surface area contributed by atoms with Crippen LogP contribution in [-0.2, 0) is 11.0 Å². The van der Waals surface area contributed by atoms with Crippen molar-refractivity contribution in [2.75, 3.05) is 10.6 Å². The lowest BCUT2D eigenvalue weighted by Gasteiger charge is -2.16. The van der Waals surface area contributed by atoms with Crippen LogP contribution in [0.4, 0.5) is 30.2 Å². The van der Waals surface area contributed by atoms with Crippen LogP contribution in [0, 0.1) is 10.1 Å². The molecule has 0 aliphatic rings. The number of hydrogen-bond donors (Lipinski definition) is 2. The third-order valence-corrected chi connectivity index (χ3v) is 3.65. The van der Waals surface area contributed by atoms with Gasteiger partial charge in [0.05, 0.1) is 10.5 Å². The lowest BCUT2D eigenvalue weighted by Crippen LogP contribution is -2.32. The highest BCUT2D eigenvalue weighted by Crippen LogP contribution is 2.35. The van der Waals surface area contributed by atoms with E-state index in [4.69, 9.17) is 11.6 Å². The number of hydrogen-bond acceptors (Lipinski definition) is 4. The summed E-state index contributed by atoms with van der Waals surface area (Å²) in [5, 5.41) is 16.7. The molecule has 2 rings (SSSR count). The van der Waals surface area contributed by atoms with E-state index in [-0.39, 0.29) is 5.69 Å². The van der Waals surface area contributed by atoms with Crippen LogP contribution in [-0.4, -0.2) is 16.9 Å². The summed E-state index contributed by atoms with van der Waals surface area (Å²) in [5.41, 5.74) is -1.66. The third-order valence-electron chi connectivity index (χ3n) is 3.40. The summed E-state index contributed by atoms with van der Waals surface area (Å²) in [6.07, 6.45) is -4.71. The van der Waals surface area contributed by atoms with Gasteiger partial charge in [-0.1, -0.05) is 11.6 Å². The molecule has 0 radical (unpaired) electrons. The first-order chi connectivity index (χ1) is 12.1. The first kappa shape index (κ1) is 19.5. The van der Waals surface area contributed by atoms with E-state index >= 15 is 0 Å². The van der Waals surface area contributed by atoms with Gasteiger partial charge in [0, 0.05) is 16.8 Å². The molecular formula is C16H13ClF3N3O3. The highest BCUT2D eigenvalue weighted by atomic mass is 35.5. The number of amides is 1. The van der Waals surface area contributed by atoms with Gasteiger partial charge in [-0.3, -0.25) is 14.9 Å². The van der Waals surface area contributed by atoms with E-state index in [0.29, 0.717) is 22.8 Å². The van der Waals surface area contributed by atoms with Crippen molar-refractivity contribution in [3.63, 3.8) is 0 Å². The van der Waals surface area contributed by atoms with Gasteiger partial charge in [-0.15, -0.1) is 0 Å². The predicted molar refractivity (Wildman–Crippen MR) is 91.3 cm³/mol. The summed E-state index contributed by atoms with van der Waals surface area (Å²) in [5.74, 6) is -0.526. The van der Waals surface area contributed by atoms with Crippen LogP contribution in [0.15, 0.2) is 42.5 Å². The quantitative estimate of drug-likeness (QED) is 0.575. The monoisotopic (exact) mass is 387 g/mol. The van der Waals surface area contributed by atoms with Crippen LogP contribution in [0.5, 0.6) is 0 Å². The van der Waals surface area contributed by atoms with Crippen LogP contribution in [0.25, 0.3) is 0 Å². The number of rotatable bonds is 5. The number of nitrogens with one attached hydrogen (secondary N) is 2. The maximum Gasteiger partial charge on any atom is 0.416 e. The van der Waals surface area contributed by atoms with E-state index in [9.17, 15) is 28.1 Å². The van der Waals surface area contributed by atoms with Gasteiger partial charge >= 0.3 is 6.18 Å². The SMILES string of the molecule is C[C@@H](Nc1ccc(C(F)(F)F)cc1[N+](=O)[O-])C(=O)Nc1ccc(Cl)cc1. The summed E-state index contributed by atoms with van der Waals surface area (Å²) >= 11 is 5.74. The van der Waals surface area contributed by atoms with E-state index in [1.165, 1.54) is 6.92 Å². The second kappa shape index (κ2) is 7.61. The summed E-state index contributed by atoms with van der Waals surface area (Å²) in [6.45, 7) is 1.42. The molecular weight excluding hydrogens is 375 g/mol. The van der Waals surface area contributed by atoms with Gasteiger partial charge in [-0.2, -0.15) is 13.2 Å². The number of nitro benzene ring substituents is 1. The molecule has 0 aliphatic carbocycles. The molecule has 0 unspecified atom stereocenters. The maximum absolute atomic E-state index is 12.7. The van der Waals surface area contributed by atoms with Gasteiger partial charge < -0.3 is 10.6 Å². The highest BCUT2D eigenvalue weighted by Gasteiger charge is 2.33. The summed E-state index contributed by atoms with van der Waals surface area (Å²) in [7, 11) is 0. The van der Waals surface area contributed by atoms with Crippen LogP contribution >= 0.6 is 11.6 Å². The summed E-state index contributed by atoms with van der Waals surface area (Å²) < 4.78 is 38.1. The lowest BCUT2D eigenvalue weighted by atomic mass is 10.1. The van der Waals surface area contributed by atoms with Gasteiger partial charge in [0.15, 0.2) is 0 Å². The van der Waals surface area contributed by atoms with E-state index < -0.39 is 34.3 Å². The Morgan fingerprint density at radius 1 is 1.19 bits per heavy atom. The molecule has 6 nitrogen and oxygen atoms in total. The van der Waals surface area contributed by atoms with Crippen LogP contribution in [0.1, 0.15) is 12.5 Å². The average molecular weight is 388 g/mol. The Kier molecular flexibility index (Phi) is 5.71. The Hall–Kier alpha value is -2.81. The number of nitro groups is 1. The highest BCUT2D eigenvalue weighted by molar-refractivity contribution is 6.30. The molecule has 0 aliphatic heterocycles. The topological polar surface area (TPSA) is 84.3 Å². The van der Waals surface area contributed by atoms with E-state index in [1.54, 1.807) is 24.3 Å². The molecule has 0 aromatic heterocycles. The molecule has 1 atom stereocenters. The minimum atomic E-state index is -4.71. The maximum atomic E-state index is 12.7. The number of benzene rings is 2. The smallest absolute Gasteiger partial charge is 0.368 e. The zero-order valence-electron chi connectivity index (χ0n) is 13.3. The fourth-order valence-corrected chi connectivity index (χ4v) is 2.19. The molecule has 0 saturated carbocycles. The predicted octanol–water partition coefficient (Wildman–Crippen LogP) is 4.71. The van der Waals surface area contributed by atoms with Crippen molar-refractivity contribution in [3.8, 4) is 0 Å².